The van der Waals surface area contributed by atoms with E-state index in [0.717, 1.165) is 5.56 Å². The Morgan fingerprint density at radius 1 is 1.44 bits per heavy atom. The van der Waals surface area contributed by atoms with Crippen molar-refractivity contribution in [1.82, 2.24) is 19.7 Å². The third-order valence-corrected chi connectivity index (χ3v) is 2.59. The maximum absolute atomic E-state index is 9.23. The molecule has 0 aliphatic rings. The Balaban J connectivity index is 2.21. The van der Waals surface area contributed by atoms with E-state index in [2.05, 4.69) is 15.1 Å². The van der Waals surface area contributed by atoms with Crippen molar-refractivity contribution >= 4 is 5.82 Å². The Bertz CT molecular complexity index is 535. The predicted octanol–water partition coefficient (Wildman–Crippen LogP) is 0.941. The van der Waals surface area contributed by atoms with E-state index < -0.39 is 0 Å². The van der Waals surface area contributed by atoms with Gasteiger partial charge >= 0.3 is 0 Å². The number of aliphatic hydroxyl groups excluding tert-OH is 1. The molecule has 2 rings (SSSR count). The van der Waals surface area contributed by atoms with Crippen LogP contribution >= 0.6 is 0 Å². The fourth-order valence-electron chi connectivity index (χ4n) is 1.57. The monoisotopic (exact) mass is 247 g/mol. The molecule has 0 amide bonds. The molecule has 2 heterocycles. The number of hydrogen-bond donors (Lipinski definition) is 2. The zero-order chi connectivity index (χ0) is 13.2. The molecule has 3 N–H and O–H groups in total. The normalized spacial score (nSPS) is 11.7. The molecule has 0 aliphatic carbocycles. The molecular weight excluding hydrogens is 230 g/mol. The van der Waals surface area contributed by atoms with Gasteiger partial charge in [0.25, 0.3) is 0 Å². The van der Waals surface area contributed by atoms with Gasteiger partial charge in [-0.25, -0.2) is 9.97 Å². The summed E-state index contributed by atoms with van der Waals surface area (Å²) in [5.74, 6) is 0.992. The van der Waals surface area contributed by atoms with Gasteiger partial charge in [0.2, 0.25) is 0 Å². The van der Waals surface area contributed by atoms with Crippen LogP contribution in [0.15, 0.2) is 24.7 Å². The second kappa shape index (κ2) is 4.73. The first-order valence-corrected chi connectivity index (χ1v) is 5.72. The van der Waals surface area contributed by atoms with Crippen LogP contribution in [-0.2, 0) is 6.54 Å². The Morgan fingerprint density at radius 2 is 2.22 bits per heavy atom. The van der Waals surface area contributed by atoms with Gasteiger partial charge in [-0.2, -0.15) is 5.10 Å². The summed E-state index contributed by atoms with van der Waals surface area (Å²) in [6, 6.07) is 1.64. The summed E-state index contributed by atoms with van der Waals surface area (Å²) >= 11 is 0. The van der Waals surface area contributed by atoms with Gasteiger partial charge in [-0.05, 0) is 6.07 Å². The van der Waals surface area contributed by atoms with Crippen molar-refractivity contribution in [3.63, 3.8) is 0 Å². The summed E-state index contributed by atoms with van der Waals surface area (Å²) in [4.78, 5) is 8.28. The van der Waals surface area contributed by atoms with Crippen LogP contribution in [0.25, 0.3) is 11.4 Å². The molecule has 0 aliphatic heterocycles. The molecule has 6 heteroatoms. The van der Waals surface area contributed by atoms with E-state index in [9.17, 15) is 5.11 Å². The van der Waals surface area contributed by atoms with Crippen LogP contribution in [-0.4, -0.2) is 31.5 Å². The van der Waals surface area contributed by atoms with E-state index in [1.165, 1.54) is 0 Å². The quantitative estimate of drug-likeness (QED) is 0.839. The minimum Gasteiger partial charge on any atom is -0.396 e. The summed E-state index contributed by atoms with van der Waals surface area (Å²) in [7, 11) is 0. The molecule has 0 unspecified atom stereocenters. The van der Waals surface area contributed by atoms with E-state index in [4.69, 9.17) is 5.73 Å². The van der Waals surface area contributed by atoms with Crippen molar-refractivity contribution in [3.05, 3.63) is 24.7 Å². The van der Waals surface area contributed by atoms with Crippen LogP contribution in [0.3, 0.4) is 0 Å². The first-order chi connectivity index (χ1) is 8.50. The van der Waals surface area contributed by atoms with Gasteiger partial charge in [0, 0.05) is 31.0 Å². The number of rotatable bonds is 4. The molecule has 0 spiro atoms. The number of aromatic nitrogens is 4. The fourth-order valence-corrected chi connectivity index (χ4v) is 1.57. The summed E-state index contributed by atoms with van der Waals surface area (Å²) < 4.78 is 1.78. The van der Waals surface area contributed by atoms with Crippen molar-refractivity contribution in [2.75, 3.05) is 12.3 Å². The van der Waals surface area contributed by atoms with E-state index in [0.29, 0.717) is 18.2 Å². The van der Waals surface area contributed by atoms with Gasteiger partial charge in [0.15, 0.2) is 5.82 Å². The van der Waals surface area contributed by atoms with Gasteiger partial charge in [-0.3, -0.25) is 4.68 Å². The largest absolute Gasteiger partial charge is 0.396 e. The van der Waals surface area contributed by atoms with Crippen LogP contribution < -0.4 is 5.73 Å². The zero-order valence-corrected chi connectivity index (χ0v) is 10.5. The second-order valence-corrected chi connectivity index (χ2v) is 5.05. The third kappa shape index (κ3) is 2.84. The highest BCUT2D eigenvalue weighted by atomic mass is 16.3. The standard InChI is InChI=1S/C12H17N5O/c1-12(2,8-18)7-17-6-9(5-15-17)11-14-4-3-10(13)16-11/h3-6,18H,7-8H2,1-2H3,(H2,13,14,16). The first-order valence-electron chi connectivity index (χ1n) is 5.72. The molecule has 0 saturated carbocycles. The SMILES string of the molecule is CC(C)(CO)Cn1cc(-c2nccc(N)n2)cn1. The lowest BCUT2D eigenvalue weighted by molar-refractivity contribution is 0.136. The number of nitrogens with zero attached hydrogens (tertiary/aromatic N) is 4. The molecule has 0 radical (unpaired) electrons. The van der Waals surface area contributed by atoms with E-state index in [1.807, 2.05) is 20.0 Å². The predicted molar refractivity (Wildman–Crippen MR) is 68.5 cm³/mol. The summed E-state index contributed by atoms with van der Waals surface area (Å²) in [5.41, 5.74) is 6.22. The Labute approximate surface area is 105 Å². The number of anilines is 1. The summed E-state index contributed by atoms with van der Waals surface area (Å²) in [6.07, 6.45) is 5.17. The van der Waals surface area contributed by atoms with Crippen LogP contribution in [0.4, 0.5) is 5.82 Å². The summed E-state index contributed by atoms with van der Waals surface area (Å²) in [6.45, 7) is 4.69. The lowest BCUT2D eigenvalue weighted by Crippen LogP contribution is -2.23. The van der Waals surface area contributed by atoms with E-state index in [1.54, 1.807) is 23.1 Å². The highest BCUT2D eigenvalue weighted by Crippen LogP contribution is 2.19. The van der Waals surface area contributed by atoms with Crippen molar-refractivity contribution < 1.29 is 5.11 Å². The van der Waals surface area contributed by atoms with E-state index >= 15 is 0 Å². The molecule has 0 aromatic carbocycles. The number of aliphatic hydroxyl groups is 1. The Morgan fingerprint density at radius 3 is 2.89 bits per heavy atom. The number of hydrogen-bond acceptors (Lipinski definition) is 5. The Hall–Kier alpha value is -1.95. The average Bonchev–Trinajstić information content (AvgIpc) is 2.77. The van der Waals surface area contributed by atoms with Crippen LogP contribution in [0.2, 0.25) is 0 Å². The first kappa shape index (κ1) is 12.5. The maximum Gasteiger partial charge on any atom is 0.164 e. The molecule has 0 fully saturated rings. The molecule has 96 valence electrons. The highest BCUT2D eigenvalue weighted by molar-refractivity contribution is 5.53. The summed E-state index contributed by atoms with van der Waals surface area (Å²) in [5, 5.41) is 13.5. The van der Waals surface area contributed by atoms with Crippen molar-refractivity contribution in [1.29, 1.82) is 0 Å². The van der Waals surface area contributed by atoms with Crippen LogP contribution in [0.1, 0.15) is 13.8 Å². The molecule has 0 bridgehead atoms. The van der Waals surface area contributed by atoms with Gasteiger partial charge < -0.3 is 10.8 Å². The van der Waals surface area contributed by atoms with Crippen LogP contribution in [0.5, 0.6) is 0 Å². The minimum absolute atomic E-state index is 0.108. The lowest BCUT2D eigenvalue weighted by Gasteiger charge is -2.20. The zero-order valence-electron chi connectivity index (χ0n) is 10.5. The molecule has 2 aromatic rings. The number of nitrogens with two attached hydrogens (primary N) is 1. The fraction of sp³-hybridized carbons (Fsp3) is 0.417. The highest BCUT2D eigenvalue weighted by Gasteiger charge is 2.18. The number of nitrogen functional groups attached to an aromatic ring is 1. The van der Waals surface area contributed by atoms with Crippen molar-refractivity contribution in [3.8, 4) is 11.4 Å². The smallest absolute Gasteiger partial charge is 0.164 e. The van der Waals surface area contributed by atoms with Gasteiger partial charge in [-0.15, -0.1) is 0 Å². The van der Waals surface area contributed by atoms with Crippen molar-refractivity contribution in [2.45, 2.75) is 20.4 Å². The Kier molecular flexibility index (Phi) is 3.29. The van der Waals surface area contributed by atoms with Crippen LogP contribution in [0, 0.1) is 5.41 Å². The van der Waals surface area contributed by atoms with Gasteiger partial charge in [0.05, 0.1) is 11.8 Å². The topological polar surface area (TPSA) is 89.8 Å². The third-order valence-electron chi connectivity index (χ3n) is 2.59. The second-order valence-electron chi connectivity index (χ2n) is 5.05. The average molecular weight is 247 g/mol. The van der Waals surface area contributed by atoms with Gasteiger partial charge in [0.1, 0.15) is 5.82 Å². The molecule has 18 heavy (non-hydrogen) atoms. The maximum atomic E-state index is 9.23. The van der Waals surface area contributed by atoms with E-state index in [-0.39, 0.29) is 12.0 Å². The molecular formula is C12H17N5O. The molecule has 6 nitrogen and oxygen atoms in total. The van der Waals surface area contributed by atoms with Crippen molar-refractivity contribution in [2.24, 2.45) is 5.41 Å². The molecule has 0 atom stereocenters. The minimum atomic E-state index is -0.208. The van der Waals surface area contributed by atoms with Gasteiger partial charge in [-0.1, -0.05) is 13.8 Å². The molecule has 0 saturated heterocycles. The molecule has 2 aromatic heterocycles. The lowest BCUT2D eigenvalue weighted by atomic mass is 9.95.